The van der Waals surface area contributed by atoms with Crippen molar-refractivity contribution in [2.24, 2.45) is 0 Å². The van der Waals surface area contributed by atoms with Crippen LogP contribution in [0.5, 0.6) is 0 Å². The van der Waals surface area contributed by atoms with E-state index >= 15 is 0 Å². The Hall–Kier alpha value is -2.01. The fraction of sp³-hybridized carbons (Fsp3) is 0.400. The second-order valence-corrected chi connectivity index (χ2v) is 7.11. The lowest BCUT2D eigenvalue weighted by Gasteiger charge is -2.34. The lowest BCUT2D eigenvalue weighted by Crippen LogP contribution is -2.44. The monoisotopic (exact) mass is 355 g/mol. The number of anilines is 1. The van der Waals surface area contributed by atoms with Crippen molar-refractivity contribution in [1.82, 2.24) is 10.3 Å². The van der Waals surface area contributed by atoms with Crippen molar-refractivity contribution in [2.75, 3.05) is 24.2 Å². The molecule has 1 amide bonds. The Morgan fingerprint density at radius 3 is 2.80 bits per heavy atom. The molecule has 1 aromatic heterocycles. The summed E-state index contributed by atoms with van der Waals surface area (Å²) in [4.78, 5) is 19.2. The van der Waals surface area contributed by atoms with Gasteiger partial charge in [0.05, 0.1) is 5.56 Å². The summed E-state index contributed by atoms with van der Waals surface area (Å²) in [5.41, 5.74) is 3.34. The third-order valence-corrected chi connectivity index (χ3v) is 5.44. The molecule has 2 aromatic rings. The maximum atomic E-state index is 12.5. The number of aromatic nitrogens is 1. The van der Waals surface area contributed by atoms with Gasteiger partial charge in [0, 0.05) is 31.0 Å². The van der Waals surface area contributed by atoms with E-state index in [0.717, 1.165) is 37.4 Å². The number of rotatable bonds is 5. The number of amides is 1. The second kappa shape index (κ2) is 8.39. The molecule has 25 heavy (non-hydrogen) atoms. The summed E-state index contributed by atoms with van der Waals surface area (Å²) >= 11 is 1.51. The molecule has 0 saturated carbocycles. The molecule has 5 heteroatoms. The molecule has 1 N–H and O–H groups in total. The molecule has 1 aromatic carbocycles. The van der Waals surface area contributed by atoms with E-state index in [-0.39, 0.29) is 11.9 Å². The van der Waals surface area contributed by atoms with E-state index in [0.29, 0.717) is 5.56 Å². The van der Waals surface area contributed by atoms with E-state index in [1.165, 1.54) is 23.0 Å². The molecule has 1 saturated heterocycles. The Balaban J connectivity index is 1.58. The molecule has 0 bridgehead atoms. The average Bonchev–Trinajstić information content (AvgIpc) is 2.68. The predicted molar refractivity (Wildman–Crippen MR) is 105 cm³/mol. The summed E-state index contributed by atoms with van der Waals surface area (Å²) < 4.78 is 0. The minimum atomic E-state index is -0.0103. The molecule has 0 radical (unpaired) electrons. The van der Waals surface area contributed by atoms with E-state index in [1.807, 2.05) is 18.4 Å². The number of carbonyl (C=O) groups is 1. The Bertz CT molecular complexity index is 726. The van der Waals surface area contributed by atoms with Crippen LogP contribution in [0.1, 0.15) is 35.7 Å². The molecule has 132 valence electrons. The van der Waals surface area contributed by atoms with Crippen molar-refractivity contribution in [3.05, 3.63) is 53.7 Å². The minimum Gasteiger partial charge on any atom is -0.371 e. The number of aryl methyl sites for hydroxylation is 1. The van der Waals surface area contributed by atoms with Gasteiger partial charge in [-0.15, -0.1) is 11.8 Å². The molecule has 4 nitrogen and oxygen atoms in total. The predicted octanol–water partition coefficient (Wildman–Crippen LogP) is 3.76. The van der Waals surface area contributed by atoms with Crippen molar-refractivity contribution in [3.8, 4) is 0 Å². The van der Waals surface area contributed by atoms with Crippen molar-refractivity contribution in [2.45, 2.75) is 37.3 Å². The van der Waals surface area contributed by atoms with Crippen molar-refractivity contribution >= 4 is 23.4 Å². The van der Waals surface area contributed by atoms with Gasteiger partial charge < -0.3 is 10.2 Å². The highest BCUT2D eigenvalue weighted by atomic mass is 32.2. The SMILES string of the molecule is CCc1cccc(N2CCC(NC(=O)c3cccnc3SC)CC2)c1. The number of nitrogens with one attached hydrogen (secondary N) is 1. The van der Waals surface area contributed by atoms with Crippen LogP contribution in [0.4, 0.5) is 5.69 Å². The fourth-order valence-corrected chi connectivity index (χ4v) is 3.79. The quantitative estimate of drug-likeness (QED) is 0.830. The number of pyridine rings is 1. The van der Waals surface area contributed by atoms with Gasteiger partial charge in [-0.05, 0) is 55.3 Å². The molecule has 0 unspecified atom stereocenters. The van der Waals surface area contributed by atoms with Gasteiger partial charge in [-0.1, -0.05) is 19.1 Å². The summed E-state index contributed by atoms with van der Waals surface area (Å²) in [6, 6.07) is 12.7. The van der Waals surface area contributed by atoms with Crippen LogP contribution in [-0.4, -0.2) is 36.3 Å². The molecule has 1 aliphatic heterocycles. The molecule has 2 heterocycles. The normalized spacial score (nSPS) is 15.2. The number of carbonyl (C=O) groups excluding carboxylic acids is 1. The van der Waals surface area contributed by atoms with Crippen molar-refractivity contribution in [3.63, 3.8) is 0 Å². The Morgan fingerprint density at radius 2 is 2.08 bits per heavy atom. The molecule has 3 rings (SSSR count). The first kappa shape index (κ1) is 17.8. The second-order valence-electron chi connectivity index (χ2n) is 6.32. The maximum absolute atomic E-state index is 12.5. The topological polar surface area (TPSA) is 45.2 Å². The molecular weight excluding hydrogens is 330 g/mol. The van der Waals surface area contributed by atoms with Gasteiger partial charge in [0.25, 0.3) is 5.91 Å². The summed E-state index contributed by atoms with van der Waals surface area (Å²) in [5, 5.41) is 3.97. The van der Waals surface area contributed by atoms with E-state index in [2.05, 4.69) is 46.4 Å². The van der Waals surface area contributed by atoms with Crippen LogP contribution >= 0.6 is 11.8 Å². The van der Waals surface area contributed by atoms with Crippen LogP contribution in [0.2, 0.25) is 0 Å². The summed E-state index contributed by atoms with van der Waals surface area (Å²) in [7, 11) is 0. The molecule has 1 aliphatic rings. The number of piperidine rings is 1. The van der Waals surface area contributed by atoms with Crippen molar-refractivity contribution < 1.29 is 4.79 Å². The first-order chi connectivity index (χ1) is 12.2. The number of hydrogen-bond donors (Lipinski definition) is 1. The Labute approximate surface area is 154 Å². The Kier molecular flexibility index (Phi) is 5.97. The van der Waals surface area contributed by atoms with Gasteiger partial charge in [-0.25, -0.2) is 4.98 Å². The van der Waals surface area contributed by atoms with Gasteiger partial charge in [0.2, 0.25) is 0 Å². The van der Waals surface area contributed by atoms with Crippen LogP contribution in [0, 0.1) is 0 Å². The van der Waals surface area contributed by atoms with Gasteiger partial charge in [0.1, 0.15) is 5.03 Å². The average molecular weight is 356 g/mol. The third kappa shape index (κ3) is 4.34. The zero-order valence-corrected chi connectivity index (χ0v) is 15.7. The van der Waals surface area contributed by atoms with Gasteiger partial charge in [0.15, 0.2) is 0 Å². The zero-order valence-electron chi connectivity index (χ0n) is 14.9. The van der Waals surface area contributed by atoms with E-state index in [9.17, 15) is 4.79 Å². The molecule has 0 atom stereocenters. The number of hydrogen-bond acceptors (Lipinski definition) is 4. The van der Waals surface area contributed by atoms with Crippen LogP contribution in [-0.2, 0) is 6.42 Å². The number of thioether (sulfide) groups is 1. The first-order valence-corrected chi connectivity index (χ1v) is 10.1. The lowest BCUT2D eigenvalue weighted by molar-refractivity contribution is 0.0927. The highest BCUT2D eigenvalue weighted by Crippen LogP contribution is 2.22. The third-order valence-electron chi connectivity index (χ3n) is 4.72. The molecular formula is C20H25N3OS. The lowest BCUT2D eigenvalue weighted by atomic mass is 10.0. The van der Waals surface area contributed by atoms with Crippen molar-refractivity contribution in [1.29, 1.82) is 0 Å². The van der Waals surface area contributed by atoms with E-state index in [1.54, 1.807) is 6.20 Å². The highest BCUT2D eigenvalue weighted by molar-refractivity contribution is 7.98. The molecule has 1 fully saturated rings. The Morgan fingerprint density at radius 1 is 1.28 bits per heavy atom. The van der Waals surface area contributed by atoms with Crippen LogP contribution in [0.3, 0.4) is 0 Å². The van der Waals surface area contributed by atoms with Gasteiger partial charge >= 0.3 is 0 Å². The number of benzene rings is 1. The van der Waals surface area contributed by atoms with E-state index in [4.69, 9.17) is 0 Å². The summed E-state index contributed by atoms with van der Waals surface area (Å²) in [6.45, 7) is 4.13. The van der Waals surface area contributed by atoms with Crippen LogP contribution in [0.15, 0.2) is 47.6 Å². The number of nitrogens with zero attached hydrogens (tertiary/aromatic N) is 2. The zero-order chi connectivity index (χ0) is 17.6. The molecule has 0 aliphatic carbocycles. The first-order valence-electron chi connectivity index (χ1n) is 8.85. The molecule has 0 spiro atoms. The van der Waals surface area contributed by atoms with Crippen LogP contribution < -0.4 is 10.2 Å². The summed E-state index contributed by atoms with van der Waals surface area (Å²) in [5.74, 6) is -0.0103. The van der Waals surface area contributed by atoms with Crippen LogP contribution in [0.25, 0.3) is 0 Å². The van der Waals surface area contributed by atoms with E-state index < -0.39 is 0 Å². The summed E-state index contributed by atoms with van der Waals surface area (Å²) in [6.07, 6.45) is 6.67. The maximum Gasteiger partial charge on any atom is 0.254 e. The highest BCUT2D eigenvalue weighted by Gasteiger charge is 2.22. The van der Waals surface area contributed by atoms with Gasteiger partial charge in [-0.2, -0.15) is 0 Å². The standard InChI is InChI=1S/C20H25N3OS/c1-3-15-6-4-7-17(14-15)23-12-9-16(10-13-23)22-19(24)18-8-5-11-21-20(18)25-2/h4-8,11,14,16H,3,9-10,12-13H2,1-2H3,(H,22,24). The smallest absolute Gasteiger partial charge is 0.254 e. The minimum absolute atomic E-state index is 0.0103. The van der Waals surface area contributed by atoms with Gasteiger partial charge in [-0.3, -0.25) is 4.79 Å². The largest absolute Gasteiger partial charge is 0.371 e. The fourth-order valence-electron chi connectivity index (χ4n) is 3.24.